The molecule has 0 N–H and O–H groups in total. The lowest BCUT2D eigenvalue weighted by Gasteiger charge is -2.32. The van der Waals surface area contributed by atoms with Crippen LogP contribution in [0, 0.1) is 12.8 Å². The van der Waals surface area contributed by atoms with Gasteiger partial charge < -0.3 is 14.4 Å². The highest BCUT2D eigenvalue weighted by atomic mass is 16.5. The molecular weight excluding hydrogens is 346 g/mol. The fraction of sp³-hybridized carbons (Fsp3) is 0.450. The minimum atomic E-state index is -0.208. The summed E-state index contributed by atoms with van der Waals surface area (Å²) in [6, 6.07) is 7.05. The third-order valence-corrected chi connectivity index (χ3v) is 4.88. The Balaban J connectivity index is 1.68. The summed E-state index contributed by atoms with van der Waals surface area (Å²) in [5.74, 6) is 0.927. The molecule has 1 aromatic carbocycles. The molecule has 1 unspecified atom stereocenters. The van der Waals surface area contributed by atoms with Crippen LogP contribution in [0.25, 0.3) is 0 Å². The number of aromatic nitrogens is 2. The average Bonchev–Trinajstić information content (AvgIpc) is 3.11. The third-order valence-electron chi connectivity index (χ3n) is 4.88. The lowest BCUT2D eigenvalue weighted by atomic mass is 9.90. The minimum absolute atomic E-state index is 0.0112. The predicted octanol–water partition coefficient (Wildman–Crippen LogP) is 2.33. The zero-order valence-corrected chi connectivity index (χ0v) is 16.0. The van der Waals surface area contributed by atoms with Gasteiger partial charge >= 0.3 is 0 Å². The molecule has 2 heterocycles. The molecule has 0 spiro atoms. The van der Waals surface area contributed by atoms with Crippen molar-refractivity contribution in [1.29, 1.82) is 0 Å². The van der Waals surface area contributed by atoms with Gasteiger partial charge in [-0.3, -0.25) is 14.3 Å². The van der Waals surface area contributed by atoms with Crippen LogP contribution in [0.1, 0.15) is 28.9 Å². The average molecular weight is 371 g/mol. The summed E-state index contributed by atoms with van der Waals surface area (Å²) in [7, 11) is 3.11. The molecule has 0 radical (unpaired) electrons. The van der Waals surface area contributed by atoms with E-state index in [0.29, 0.717) is 30.2 Å². The molecule has 1 saturated heterocycles. The van der Waals surface area contributed by atoms with Crippen molar-refractivity contribution in [2.45, 2.75) is 26.3 Å². The lowest BCUT2D eigenvalue weighted by Crippen LogP contribution is -2.43. The number of carbonyl (C=O) groups is 2. The van der Waals surface area contributed by atoms with E-state index in [1.165, 1.54) is 0 Å². The molecule has 1 aliphatic heterocycles. The summed E-state index contributed by atoms with van der Waals surface area (Å²) in [6.45, 7) is 3.20. The van der Waals surface area contributed by atoms with E-state index in [4.69, 9.17) is 9.47 Å². The first-order valence-electron chi connectivity index (χ1n) is 9.06. The van der Waals surface area contributed by atoms with E-state index < -0.39 is 0 Å². The van der Waals surface area contributed by atoms with Crippen molar-refractivity contribution in [1.82, 2.24) is 14.7 Å². The zero-order valence-electron chi connectivity index (χ0n) is 16.0. The number of hydrogen-bond acceptors (Lipinski definition) is 5. The number of hydrogen-bond donors (Lipinski definition) is 0. The van der Waals surface area contributed by atoms with Crippen molar-refractivity contribution in [2.75, 3.05) is 27.3 Å². The maximum Gasteiger partial charge on any atom is 0.244 e. The number of aryl methyl sites for hydroxylation is 1. The lowest BCUT2D eigenvalue weighted by molar-refractivity contribution is -0.133. The Hall–Kier alpha value is -2.83. The Kier molecular flexibility index (Phi) is 5.78. The number of benzene rings is 1. The molecule has 3 rings (SSSR count). The molecule has 1 fully saturated rings. The van der Waals surface area contributed by atoms with E-state index in [-0.39, 0.29) is 24.2 Å². The smallest absolute Gasteiger partial charge is 0.244 e. The summed E-state index contributed by atoms with van der Waals surface area (Å²) < 4.78 is 12.2. The molecule has 7 heteroatoms. The molecule has 1 aromatic heterocycles. The summed E-state index contributed by atoms with van der Waals surface area (Å²) in [5, 5.41) is 4.26. The largest absolute Gasteiger partial charge is 0.493 e. The molecule has 7 nitrogen and oxygen atoms in total. The summed E-state index contributed by atoms with van der Waals surface area (Å²) in [6.07, 6.45) is 3.38. The van der Waals surface area contributed by atoms with Gasteiger partial charge in [0.25, 0.3) is 0 Å². The van der Waals surface area contributed by atoms with Crippen molar-refractivity contribution >= 4 is 11.7 Å². The van der Waals surface area contributed by atoms with Crippen LogP contribution in [-0.4, -0.2) is 53.7 Å². The van der Waals surface area contributed by atoms with Crippen LogP contribution in [0.5, 0.6) is 11.5 Å². The molecule has 27 heavy (non-hydrogen) atoms. The monoisotopic (exact) mass is 371 g/mol. The number of ether oxygens (including phenoxy) is 2. The number of amides is 1. The van der Waals surface area contributed by atoms with E-state index in [1.807, 2.05) is 13.0 Å². The molecular formula is C20H25N3O4. The van der Waals surface area contributed by atoms with Crippen molar-refractivity contribution in [3.8, 4) is 11.5 Å². The molecule has 144 valence electrons. The van der Waals surface area contributed by atoms with Gasteiger partial charge in [-0.15, -0.1) is 0 Å². The maximum atomic E-state index is 12.9. The zero-order chi connectivity index (χ0) is 19.4. The summed E-state index contributed by atoms with van der Waals surface area (Å²) >= 11 is 0. The Labute approximate surface area is 158 Å². The van der Waals surface area contributed by atoms with Crippen LogP contribution in [-0.2, 0) is 11.3 Å². The number of piperidine rings is 1. The molecule has 1 atom stereocenters. The van der Waals surface area contributed by atoms with Gasteiger partial charge in [0.15, 0.2) is 17.3 Å². The first-order chi connectivity index (χ1) is 13.0. The number of likely N-dealkylation sites (tertiary alicyclic amines) is 1. The highest BCUT2D eigenvalue weighted by Crippen LogP contribution is 2.30. The van der Waals surface area contributed by atoms with Crippen molar-refractivity contribution in [3.05, 3.63) is 41.7 Å². The summed E-state index contributed by atoms with van der Waals surface area (Å²) in [5.41, 5.74) is 1.46. The fourth-order valence-electron chi connectivity index (χ4n) is 3.43. The molecule has 0 bridgehead atoms. The fourth-order valence-corrected chi connectivity index (χ4v) is 3.43. The van der Waals surface area contributed by atoms with Gasteiger partial charge in [0.2, 0.25) is 5.91 Å². The second-order valence-corrected chi connectivity index (χ2v) is 6.77. The van der Waals surface area contributed by atoms with E-state index >= 15 is 0 Å². The van der Waals surface area contributed by atoms with Crippen molar-refractivity contribution in [3.63, 3.8) is 0 Å². The Morgan fingerprint density at radius 3 is 2.63 bits per heavy atom. The van der Waals surface area contributed by atoms with Gasteiger partial charge in [-0.1, -0.05) is 0 Å². The van der Waals surface area contributed by atoms with E-state index in [1.54, 1.807) is 48.2 Å². The van der Waals surface area contributed by atoms with E-state index in [9.17, 15) is 9.59 Å². The molecule has 1 aliphatic rings. The molecule has 2 aromatic rings. The number of Topliss-reactive ketones (excluding diaryl/α,β-unsaturated/α-hetero) is 1. The second kappa shape index (κ2) is 8.24. The number of ketones is 1. The standard InChI is InChI=1S/C20H25N3O4/c1-14-8-10-23(21-14)13-19(24)22-9-4-5-16(12-22)20(25)15-6-7-17(26-2)18(11-15)27-3/h6-8,10-11,16H,4-5,9,12-13H2,1-3H3. The van der Waals surface area contributed by atoms with Gasteiger partial charge in [-0.05, 0) is 44.0 Å². The normalized spacial score (nSPS) is 16.9. The van der Waals surface area contributed by atoms with E-state index in [2.05, 4.69) is 5.10 Å². The number of methoxy groups -OCH3 is 2. The van der Waals surface area contributed by atoms with Crippen LogP contribution in [0.2, 0.25) is 0 Å². The van der Waals surface area contributed by atoms with Crippen LogP contribution in [0.3, 0.4) is 0 Å². The van der Waals surface area contributed by atoms with Gasteiger partial charge in [0.1, 0.15) is 6.54 Å². The number of nitrogens with zero attached hydrogens (tertiary/aromatic N) is 3. The van der Waals surface area contributed by atoms with Crippen molar-refractivity contribution < 1.29 is 19.1 Å². The van der Waals surface area contributed by atoms with Crippen molar-refractivity contribution in [2.24, 2.45) is 5.92 Å². The van der Waals surface area contributed by atoms with Gasteiger partial charge in [0, 0.05) is 30.8 Å². The van der Waals surface area contributed by atoms with E-state index in [0.717, 1.165) is 18.5 Å². The highest BCUT2D eigenvalue weighted by molar-refractivity contribution is 5.99. The Morgan fingerprint density at radius 2 is 1.96 bits per heavy atom. The minimum Gasteiger partial charge on any atom is -0.493 e. The van der Waals surface area contributed by atoms with Crippen LogP contribution < -0.4 is 9.47 Å². The molecule has 0 saturated carbocycles. The molecule has 0 aliphatic carbocycles. The Morgan fingerprint density at radius 1 is 1.19 bits per heavy atom. The van der Waals surface area contributed by atoms with Crippen LogP contribution in [0.15, 0.2) is 30.5 Å². The quantitative estimate of drug-likeness (QED) is 0.729. The highest BCUT2D eigenvalue weighted by Gasteiger charge is 2.29. The van der Waals surface area contributed by atoms with Gasteiger partial charge in [-0.2, -0.15) is 5.10 Å². The number of rotatable bonds is 6. The second-order valence-electron chi connectivity index (χ2n) is 6.77. The number of carbonyl (C=O) groups excluding carboxylic acids is 2. The Bertz CT molecular complexity index is 830. The topological polar surface area (TPSA) is 73.7 Å². The predicted molar refractivity (Wildman–Crippen MR) is 100 cm³/mol. The van der Waals surface area contributed by atoms with Gasteiger partial charge in [0.05, 0.1) is 19.9 Å². The maximum absolute atomic E-state index is 12.9. The third kappa shape index (κ3) is 4.30. The van der Waals surface area contributed by atoms with Crippen LogP contribution in [0.4, 0.5) is 0 Å². The SMILES string of the molecule is COc1ccc(C(=O)C2CCCN(C(=O)Cn3ccc(C)n3)C2)cc1OC. The summed E-state index contributed by atoms with van der Waals surface area (Å²) in [4.78, 5) is 27.3. The first-order valence-corrected chi connectivity index (χ1v) is 9.06. The first kappa shape index (κ1) is 18.9. The van der Waals surface area contributed by atoms with Gasteiger partial charge in [-0.25, -0.2) is 0 Å². The molecule has 1 amide bonds. The van der Waals surface area contributed by atoms with Crippen LogP contribution >= 0.6 is 0 Å².